The first-order chi connectivity index (χ1) is 13.6. The van der Waals surface area contributed by atoms with E-state index in [0.29, 0.717) is 12.1 Å². The van der Waals surface area contributed by atoms with Gasteiger partial charge in [-0.3, -0.25) is 14.7 Å². The van der Waals surface area contributed by atoms with Crippen LogP contribution in [-0.2, 0) is 9.53 Å². The molecular formula is C21H40IN5O2. The summed E-state index contributed by atoms with van der Waals surface area (Å²) in [6.45, 7) is 13.5. The molecule has 3 atom stereocenters. The summed E-state index contributed by atoms with van der Waals surface area (Å²) in [6.07, 6.45) is 5.62. The van der Waals surface area contributed by atoms with Crippen LogP contribution in [0.5, 0.6) is 0 Å². The average molecular weight is 521 g/mol. The average Bonchev–Trinajstić information content (AvgIpc) is 3.26. The van der Waals surface area contributed by atoms with E-state index in [1.54, 1.807) is 0 Å². The van der Waals surface area contributed by atoms with Gasteiger partial charge in [0.25, 0.3) is 5.91 Å². The molecule has 3 fully saturated rings. The van der Waals surface area contributed by atoms with Gasteiger partial charge in [0.15, 0.2) is 5.96 Å². The minimum atomic E-state index is -0.208. The normalized spacial score (nSPS) is 27.5. The SMILES string of the molecule is CCNC(=NCC(C)N1CCCCC1C)N1CCN(C(=O)C2CCCO2)CC1.I. The van der Waals surface area contributed by atoms with Gasteiger partial charge in [-0.25, -0.2) is 0 Å². The summed E-state index contributed by atoms with van der Waals surface area (Å²) >= 11 is 0. The predicted octanol–water partition coefficient (Wildman–Crippen LogP) is 2.16. The summed E-state index contributed by atoms with van der Waals surface area (Å²) in [6, 6.07) is 1.13. The number of guanidine groups is 1. The van der Waals surface area contributed by atoms with Crippen LogP contribution < -0.4 is 5.32 Å². The summed E-state index contributed by atoms with van der Waals surface area (Å²) < 4.78 is 5.57. The lowest BCUT2D eigenvalue weighted by Gasteiger charge is -2.39. The number of hydrogen-bond acceptors (Lipinski definition) is 4. The van der Waals surface area contributed by atoms with Crippen LogP contribution in [0.3, 0.4) is 0 Å². The number of rotatable bonds is 5. The number of hydrogen-bond donors (Lipinski definition) is 1. The molecule has 0 spiro atoms. The van der Waals surface area contributed by atoms with E-state index in [1.165, 1.54) is 25.8 Å². The van der Waals surface area contributed by atoms with Crippen LogP contribution in [0.2, 0.25) is 0 Å². The molecule has 3 heterocycles. The molecule has 8 heteroatoms. The third-order valence-electron chi connectivity index (χ3n) is 6.36. The summed E-state index contributed by atoms with van der Waals surface area (Å²) in [7, 11) is 0. The first-order valence-corrected chi connectivity index (χ1v) is 11.3. The highest BCUT2D eigenvalue weighted by molar-refractivity contribution is 14.0. The molecule has 0 aliphatic carbocycles. The Morgan fingerprint density at radius 2 is 1.83 bits per heavy atom. The van der Waals surface area contributed by atoms with Gasteiger partial charge in [-0.1, -0.05) is 6.42 Å². The van der Waals surface area contributed by atoms with Crippen LogP contribution in [-0.4, -0.2) is 97.2 Å². The van der Waals surface area contributed by atoms with E-state index in [0.717, 1.165) is 64.7 Å². The molecule has 0 bridgehead atoms. The van der Waals surface area contributed by atoms with Crippen LogP contribution in [0.25, 0.3) is 0 Å². The van der Waals surface area contributed by atoms with Crippen LogP contribution in [0, 0.1) is 0 Å². The summed E-state index contributed by atoms with van der Waals surface area (Å²) in [5.41, 5.74) is 0. The second-order valence-electron chi connectivity index (χ2n) is 8.44. The van der Waals surface area contributed by atoms with E-state index in [2.05, 4.69) is 35.9 Å². The third-order valence-corrected chi connectivity index (χ3v) is 6.36. The molecule has 0 aromatic carbocycles. The fourth-order valence-corrected chi connectivity index (χ4v) is 4.64. The summed E-state index contributed by atoms with van der Waals surface area (Å²) in [5, 5.41) is 3.45. The Balaban J connectivity index is 0.00000300. The largest absolute Gasteiger partial charge is 0.368 e. The Bertz CT molecular complexity index is 533. The van der Waals surface area contributed by atoms with Crippen LogP contribution in [0.4, 0.5) is 0 Å². The Labute approximate surface area is 193 Å². The summed E-state index contributed by atoms with van der Waals surface area (Å²) in [5.74, 6) is 1.16. The van der Waals surface area contributed by atoms with Crippen molar-refractivity contribution < 1.29 is 9.53 Å². The predicted molar refractivity (Wildman–Crippen MR) is 128 cm³/mol. The highest BCUT2D eigenvalue weighted by Crippen LogP contribution is 2.19. The zero-order chi connectivity index (χ0) is 19.9. The number of carbonyl (C=O) groups excluding carboxylic acids is 1. The van der Waals surface area contributed by atoms with Gasteiger partial charge < -0.3 is 19.9 Å². The van der Waals surface area contributed by atoms with Crippen molar-refractivity contribution in [2.45, 2.75) is 71.1 Å². The van der Waals surface area contributed by atoms with Crippen LogP contribution in [0.15, 0.2) is 4.99 Å². The van der Waals surface area contributed by atoms with Gasteiger partial charge in [-0.2, -0.15) is 0 Å². The molecule has 3 aliphatic rings. The van der Waals surface area contributed by atoms with Gasteiger partial charge in [0.2, 0.25) is 0 Å². The molecule has 3 aliphatic heterocycles. The molecule has 1 amide bonds. The van der Waals surface area contributed by atoms with E-state index in [9.17, 15) is 4.79 Å². The Morgan fingerprint density at radius 1 is 1.10 bits per heavy atom. The maximum Gasteiger partial charge on any atom is 0.251 e. The number of likely N-dealkylation sites (tertiary alicyclic amines) is 1. The standard InChI is InChI=1S/C21H39N5O2.HI/c1-4-22-21(23-16-18(3)26-10-6-5-8-17(26)2)25-13-11-24(12-14-25)20(27)19-9-7-15-28-19;/h17-19H,4-16H2,1-3H3,(H,22,23);1H. The molecular weight excluding hydrogens is 481 g/mol. The Hall–Kier alpha value is -0.610. The van der Waals surface area contributed by atoms with Gasteiger partial charge in [0.05, 0.1) is 6.54 Å². The number of carbonyl (C=O) groups is 1. The maximum absolute atomic E-state index is 12.6. The fourth-order valence-electron chi connectivity index (χ4n) is 4.64. The van der Waals surface area contributed by atoms with Crippen molar-refractivity contribution in [2.24, 2.45) is 4.99 Å². The van der Waals surface area contributed by atoms with E-state index in [-0.39, 0.29) is 36.0 Å². The van der Waals surface area contributed by atoms with Crippen molar-refractivity contribution in [2.75, 3.05) is 52.4 Å². The number of amides is 1. The molecule has 168 valence electrons. The van der Waals surface area contributed by atoms with Crippen LogP contribution >= 0.6 is 24.0 Å². The van der Waals surface area contributed by atoms with Crippen molar-refractivity contribution >= 4 is 35.8 Å². The molecule has 3 saturated heterocycles. The highest BCUT2D eigenvalue weighted by Gasteiger charge is 2.31. The monoisotopic (exact) mass is 521 g/mol. The highest BCUT2D eigenvalue weighted by atomic mass is 127. The molecule has 29 heavy (non-hydrogen) atoms. The zero-order valence-electron chi connectivity index (χ0n) is 18.4. The number of halogens is 1. The van der Waals surface area contributed by atoms with E-state index in [4.69, 9.17) is 9.73 Å². The Kier molecular flexibility index (Phi) is 10.5. The van der Waals surface area contributed by atoms with Crippen molar-refractivity contribution in [3.63, 3.8) is 0 Å². The second-order valence-corrected chi connectivity index (χ2v) is 8.44. The second kappa shape index (κ2) is 12.3. The van der Waals surface area contributed by atoms with Gasteiger partial charge in [-0.15, -0.1) is 24.0 Å². The number of nitrogens with zero attached hydrogens (tertiary/aromatic N) is 4. The fraction of sp³-hybridized carbons (Fsp3) is 0.905. The summed E-state index contributed by atoms with van der Waals surface area (Å²) in [4.78, 5) is 24.4. The lowest BCUT2D eigenvalue weighted by molar-refractivity contribution is -0.142. The smallest absolute Gasteiger partial charge is 0.251 e. The molecule has 1 N–H and O–H groups in total. The minimum Gasteiger partial charge on any atom is -0.368 e. The number of nitrogens with one attached hydrogen (secondary N) is 1. The third kappa shape index (κ3) is 6.69. The number of piperazine rings is 1. The molecule has 0 radical (unpaired) electrons. The van der Waals surface area contributed by atoms with Crippen molar-refractivity contribution in [1.29, 1.82) is 0 Å². The number of aliphatic imine (C=N–C) groups is 1. The molecule has 3 unspecified atom stereocenters. The van der Waals surface area contributed by atoms with Gasteiger partial charge in [-0.05, 0) is 53.0 Å². The van der Waals surface area contributed by atoms with Crippen LogP contribution in [0.1, 0.15) is 52.9 Å². The number of ether oxygens (including phenoxy) is 1. The van der Waals surface area contributed by atoms with Crippen molar-refractivity contribution in [3.8, 4) is 0 Å². The minimum absolute atomic E-state index is 0. The van der Waals surface area contributed by atoms with Gasteiger partial charge in [0, 0.05) is 51.4 Å². The Morgan fingerprint density at radius 3 is 2.45 bits per heavy atom. The first kappa shape index (κ1) is 24.7. The zero-order valence-corrected chi connectivity index (χ0v) is 20.8. The lowest BCUT2D eigenvalue weighted by atomic mass is 10.0. The van der Waals surface area contributed by atoms with E-state index < -0.39 is 0 Å². The van der Waals surface area contributed by atoms with E-state index >= 15 is 0 Å². The first-order valence-electron chi connectivity index (χ1n) is 11.3. The van der Waals surface area contributed by atoms with Gasteiger partial charge in [0.1, 0.15) is 6.10 Å². The van der Waals surface area contributed by atoms with Crippen molar-refractivity contribution in [1.82, 2.24) is 20.0 Å². The number of piperidine rings is 1. The molecule has 0 aromatic rings. The quantitative estimate of drug-likeness (QED) is 0.342. The van der Waals surface area contributed by atoms with E-state index in [1.807, 2.05) is 4.90 Å². The molecule has 3 rings (SSSR count). The van der Waals surface area contributed by atoms with Gasteiger partial charge >= 0.3 is 0 Å². The molecule has 0 saturated carbocycles. The topological polar surface area (TPSA) is 60.4 Å². The maximum atomic E-state index is 12.6. The molecule has 7 nitrogen and oxygen atoms in total. The van der Waals surface area contributed by atoms with Crippen molar-refractivity contribution in [3.05, 3.63) is 0 Å². The lowest BCUT2D eigenvalue weighted by Crippen LogP contribution is -2.55. The molecule has 0 aromatic heterocycles.